The van der Waals surface area contributed by atoms with Gasteiger partial charge in [0.1, 0.15) is 0 Å². The normalized spacial score (nSPS) is 12.6. The third kappa shape index (κ3) is 2.29. The molecule has 0 radical (unpaired) electrons. The Morgan fingerprint density at radius 2 is 1.26 bits per heavy atom. The Hall–Kier alpha value is -3.00. The fourth-order valence-electron chi connectivity index (χ4n) is 3.18. The van der Waals surface area contributed by atoms with Gasteiger partial charge in [0.15, 0.2) is 0 Å². The first kappa shape index (κ1) is 13.6. The van der Waals surface area contributed by atoms with Crippen molar-refractivity contribution in [2.24, 2.45) is 0 Å². The van der Waals surface area contributed by atoms with Crippen molar-refractivity contribution in [1.29, 1.82) is 0 Å². The Morgan fingerprint density at radius 3 is 1.83 bits per heavy atom. The van der Waals surface area contributed by atoms with E-state index in [4.69, 9.17) is 5.73 Å². The van der Waals surface area contributed by atoms with Crippen LogP contribution in [0.15, 0.2) is 72.8 Å². The molecule has 0 atom stereocenters. The standard InChI is InChI=1S/C21H18N2/c1-23-20-8-4-2-6-17(20)19(18-7-3-5-9-21(18)23)14-15-10-12-16(22)13-11-15/h2-14H,22H2,1H3. The van der Waals surface area contributed by atoms with Crippen LogP contribution < -0.4 is 10.6 Å². The lowest BCUT2D eigenvalue weighted by Crippen LogP contribution is -2.17. The molecular weight excluding hydrogens is 280 g/mol. The van der Waals surface area contributed by atoms with Gasteiger partial charge in [-0.15, -0.1) is 0 Å². The van der Waals surface area contributed by atoms with Crippen LogP contribution in [-0.2, 0) is 0 Å². The molecule has 3 aromatic rings. The highest BCUT2D eigenvalue weighted by Gasteiger charge is 2.23. The van der Waals surface area contributed by atoms with Crippen LogP contribution in [0.25, 0.3) is 11.6 Å². The smallest absolute Gasteiger partial charge is 0.0488 e. The third-order valence-electron chi connectivity index (χ3n) is 4.36. The van der Waals surface area contributed by atoms with Crippen molar-refractivity contribution in [1.82, 2.24) is 0 Å². The highest BCUT2D eigenvalue weighted by Crippen LogP contribution is 2.44. The van der Waals surface area contributed by atoms with Crippen LogP contribution in [0.4, 0.5) is 17.1 Å². The topological polar surface area (TPSA) is 29.3 Å². The van der Waals surface area contributed by atoms with Crippen LogP contribution in [0, 0.1) is 0 Å². The summed E-state index contributed by atoms with van der Waals surface area (Å²) in [6, 6.07) is 25.1. The number of nitrogen functional groups attached to an aromatic ring is 1. The van der Waals surface area contributed by atoms with E-state index in [9.17, 15) is 0 Å². The Bertz CT molecular complexity index is 842. The number of nitrogens with zero attached hydrogens (tertiary/aromatic N) is 1. The lowest BCUT2D eigenvalue weighted by atomic mass is 9.89. The number of fused-ring (bicyclic) bond motifs is 2. The lowest BCUT2D eigenvalue weighted by Gasteiger charge is -2.31. The molecule has 1 heterocycles. The van der Waals surface area contributed by atoms with Crippen LogP contribution in [0.2, 0.25) is 0 Å². The van der Waals surface area contributed by atoms with Crippen LogP contribution >= 0.6 is 0 Å². The number of para-hydroxylation sites is 2. The van der Waals surface area contributed by atoms with Crippen molar-refractivity contribution < 1.29 is 0 Å². The van der Waals surface area contributed by atoms with Gasteiger partial charge in [0, 0.05) is 35.2 Å². The lowest BCUT2D eigenvalue weighted by molar-refractivity contribution is 1.17. The fourth-order valence-corrected chi connectivity index (χ4v) is 3.18. The largest absolute Gasteiger partial charge is 0.399 e. The number of hydrogen-bond donors (Lipinski definition) is 1. The van der Waals surface area contributed by atoms with Crippen LogP contribution in [0.3, 0.4) is 0 Å². The number of rotatable bonds is 1. The van der Waals surface area contributed by atoms with Gasteiger partial charge >= 0.3 is 0 Å². The van der Waals surface area contributed by atoms with Crippen molar-refractivity contribution in [3.05, 3.63) is 89.5 Å². The second-order valence-corrected chi connectivity index (χ2v) is 5.82. The van der Waals surface area contributed by atoms with Crippen molar-refractivity contribution >= 4 is 28.7 Å². The second kappa shape index (κ2) is 5.33. The summed E-state index contributed by atoms with van der Waals surface area (Å²) in [6.45, 7) is 0. The van der Waals surface area contributed by atoms with Crippen LogP contribution in [-0.4, -0.2) is 7.05 Å². The summed E-state index contributed by atoms with van der Waals surface area (Å²) < 4.78 is 0. The molecule has 0 unspecified atom stereocenters. The van der Waals surface area contributed by atoms with E-state index in [1.54, 1.807) is 0 Å². The van der Waals surface area contributed by atoms with Crippen LogP contribution in [0.5, 0.6) is 0 Å². The van der Waals surface area contributed by atoms with Crippen molar-refractivity contribution in [3.63, 3.8) is 0 Å². The van der Waals surface area contributed by atoms with Gasteiger partial charge in [0.2, 0.25) is 0 Å². The zero-order valence-corrected chi connectivity index (χ0v) is 13.0. The molecule has 0 aromatic heterocycles. The molecule has 112 valence electrons. The van der Waals surface area contributed by atoms with Gasteiger partial charge in [-0.1, -0.05) is 48.5 Å². The molecule has 4 rings (SSSR count). The Kier molecular flexibility index (Phi) is 3.16. The minimum Gasteiger partial charge on any atom is -0.399 e. The molecule has 0 aliphatic carbocycles. The predicted molar refractivity (Wildman–Crippen MR) is 98.8 cm³/mol. The zero-order chi connectivity index (χ0) is 15.8. The SMILES string of the molecule is CN1c2ccccc2C(=Cc2ccc(N)cc2)c2ccccc21. The monoisotopic (exact) mass is 298 g/mol. The first-order chi connectivity index (χ1) is 11.2. The van der Waals surface area contributed by atoms with E-state index in [-0.39, 0.29) is 0 Å². The summed E-state index contributed by atoms with van der Waals surface area (Å²) in [5.74, 6) is 0. The Labute approximate surface area is 136 Å². The first-order valence-electron chi connectivity index (χ1n) is 7.74. The summed E-state index contributed by atoms with van der Waals surface area (Å²) in [4.78, 5) is 2.25. The Balaban J connectivity index is 1.96. The molecule has 0 fully saturated rings. The molecule has 0 amide bonds. The fraction of sp³-hybridized carbons (Fsp3) is 0.0476. The van der Waals surface area contributed by atoms with E-state index < -0.39 is 0 Å². The molecule has 2 heteroatoms. The van der Waals surface area contributed by atoms with Gasteiger partial charge in [-0.05, 0) is 41.5 Å². The minimum absolute atomic E-state index is 0.788. The van der Waals surface area contributed by atoms with Crippen molar-refractivity contribution in [2.45, 2.75) is 0 Å². The van der Waals surface area contributed by atoms with Crippen molar-refractivity contribution in [2.75, 3.05) is 17.7 Å². The van der Waals surface area contributed by atoms with E-state index >= 15 is 0 Å². The maximum Gasteiger partial charge on any atom is 0.0488 e. The van der Waals surface area contributed by atoms with Gasteiger partial charge in [0.05, 0.1) is 0 Å². The molecule has 0 bridgehead atoms. The number of hydrogen-bond acceptors (Lipinski definition) is 2. The van der Waals surface area contributed by atoms with Crippen LogP contribution in [0.1, 0.15) is 16.7 Å². The number of benzene rings is 3. The molecule has 0 saturated heterocycles. The van der Waals surface area contributed by atoms with E-state index in [0.29, 0.717) is 0 Å². The molecule has 1 aliphatic heterocycles. The van der Waals surface area contributed by atoms with E-state index in [2.05, 4.69) is 78.7 Å². The van der Waals surface area contributed by atoms with Gasteiger partial charge in [-0.25, -0.2) is 0 Å². The number of anilines is 3. The summed E-state index contributed by atoms with van der Waals surface area (Å²) in [6.07, 6.45) is 2.24. The molecule has 3 aromatic carbocycles. The maximum atomic E-state index is 5.80. The molecule has 2 N–H and O–H groups in total. The average Bonchev–Trinajstić information content (AvgIpc) is 2.60. The highest BCUT2D eigenvalue weighted by atomic mass is 15.1. The second-order valence-electron chi connectivity index (χ2n) is 5.82. The quantitative estimate of drug-likeness (QED) is 0.645. The van der Waals surface area contributed by atoms with E-state index in [1.165, 1.54) is 28.1 Å². The van der Waals surface area contributed by atoms with Gasteiger partial charge in [-0.2, -0.15) is 0 Å². The highest BCUT2D eigenvalue weighted by molar-refractivity contribution is 6.03. The van der Waals surface area contributed by atoms with E-state index in [0.717, 1.165) is 11.3 Å². The molecule has 0 saturated carbocycles. The molecular formula is C21H18N2. The van der Waals surface area contributed by atoms with Crippen molar-refractivity contribution in [3.8, 4) is 0 Å². The summed E-state index contributed by atoms with van der Waals surface area (Å²) >= 11 is 0. The summed E-state index contributed by atoms with van der Waals surface area (Å²) in [5, 5.41) is 0. The average molecular weight is 298 g/mol. The molecule has 0 spiro atoms. The van der Waals surface area contributed by atoms with Gasteiger partial charge in [-0.3, -0.25) is 0 Å². The molecule has 23 heavy (non-hydrogen) atoms. The Morgan fingerprint density at radius 1 is 0.739 bits per heavy atom. The third-order valence-corrected chi connectivity index (χ3v) is 4.36. The maximum absolute atomic E-state index is 5.80. The predicted octanol–water partition coefficient (Wildman–Crippen LogP) is 4.94. The van der Waals surface area contributed by atoms with Gasteiger partial charge in [0.25, 0.3) is 0 Å². The summed E-state index contributed by atoms with van der Waals surface area (Å²) in [7, 11) is 2.12. The molecule has 2 nitrogen and oxygen atoms in total. The van der Waals surface area contributed by atoms with Gasteiger partial charge < -0.3 is 10.6 Å². The summed E-state index contributed by atoms with van der Waals surface area (Å²) in [5.41, 5.74) is 14.0. The zero-order valence-electron chi connectivity index (χ0n) is 13.0. The first-order valence-corrected chi connectivity index (χ1v) is 7.74. The van der Waals surface area contributed by atoms with E-state index in [1.807, 2.05) is 12.1 Å². The molecule has 1 aliphatic rings. The minimum atomic E-state index is 0.788. The number of nitrogens with two attached hydrogens (primary N) is 1.